The van der Waals surface area contributed by atoms with Crippen LogP contribution in [-0.4, -0.2) is 58.6 Å². The van der Waals surface area contributed by atoms with Crippen molar-refractivity contribution in [1.82, 2.24) is 10.2 Å². The van der Waals surface area contributed by atoms with E-state index in [1.807, 2.05) is 32.0 Å². The maximum atomic E-state index is 13.2. The molecular formula is C26H26F6N2O5. The average molecular weight is 560 g/mol. The van der Waals surface area contributed by atoms with Crippen LogP contribution in [0.1, 0.15) is 38.2 Å². The zero-order valence-corrected chi connectivity index (χ0v) is 20.9. The molecule has 1 amide bonds. The largest absolute Gasteiger partial charge is 0.478 e. The lowest BCUT2D eigenvalue weighted by Gasteiger charge is -2.36. The van der Waals surface area contributed by atoms with Crippen LogP contribution in [0.5, 0.6) is 0 Å². The fourth-order valence-corrected chi connectivity index (χ4v) is 3.80. The molecule has 0 aliphatic carbocycles. The van der Waals surface area contributed by atoms with Gasteiger partial charge in [-0.2, -0.15) is 26.3 Å². The number of aliphatic carboxylic acids is 2. The summed E-state index contributed by atoms with van der Waals surface area (Å²) in [5, 5.41) is 18.8. The molecule has 0 aromatic heterocycles. The number of amides is 1. The van der Waals surface area contributed by atoms with Crippen molar-refractivity contribution in [3.05, 3.63) is 81.9 Å². The Morgan fingerprint density at radius 1 is 0.897 bits per heavy atom. The summed E-state index contributed by atoms with van der Waals surface area (Å²) < 4.78 is 79.0. The van der Waals surface area contributed by atoms with E-state index < -0.39 is 52.9 Å². The second kappa shape index (κ2) is 12.8. The average Bonchev–Trinajstić information content (AvgIpc) is 2.84. The van der Waals surface area contributed by atoms with Crippen LogP contribution in [0.4, 0.5) is 26.3 Å². The lowest BCUT2D eigenvalue weighted by atomic mass is 9.97. The number of piperazine rings is 1. The third-order valence-corrected chi connectivity index (χ3v) is 5.86. The second-order valence-electron chi connectivity index (χ2n) is 8.78. The first kappa shape index (κ1) is 31.3. The fraction of sp³-hybridized carbons (Fsp3) is 0.346. The summed E-state index contributed by atoms with van der Waals surface area (Å²) in [6, 6.07) is 6.44. The van der Waals surface area contributed by atoms with Crippen molar-refractivity contribution < 1.29 is 50.9 Å². The van der Waals surface area contributed by atoms with Crippen molar-refractivity contribution in [1.29, 1.82) is 0 Å². The molecule has 0 unspecified atom stereocenters. The number of halogens is 6. The minimum Gasteiger partial charge on any atom is -0.478 e. The molecule has 1 heterocycles. The van der Waals surface area contributed by atoms with Crippen LogP contribution in [0.3, 0.4) is 0 Å². The molecule has 2 aromatic carbocycles. The molecule has 1 fully saturated rings. The lowest BCUT2D eigenvalue weighted by Crippen LogP contribution is -2.54. The minimum atomic E-state index is -5.00. The number of benzene rings is 2. The molecule has 3 rings (SSSR count). The molecule has 7 nitrogen and oxygen atoms in total. The first-order valence-corrected chi connectivity index (χ1v) is 11.5. The van der Waals surface area contributed by atoms with E-state index in [4.69, 9.17) is 10.2 Å². The van der Waals surface area contributed by atoms with Crippen LogP contribution in [0, 0.1) is 13.8 Å². The molecule has 0 bridgehead atoms. The molecule has 2 aromatic rings. The highest BCUT2D eigenvalue weighted by Crippen LogP contribution is 2.36. The normalized spacial score (nSPS) is 16.0. The number of carbonyl (C=O) groups is 3. The van der Waals surface area contributed by atoms with Crippen molar-refractivity contribution >= 4 is 17.8 Å². The summed E-state index contributed by atoms with van der Waals surface area (Å²) in [4.78, 5) is 33.5. The number of aryl methyl sites for hydroxylation is 2. The van der Waals surface area contributed by atoms with Crippen molar-refractivity contribution in [3.8, 4) is 0 Å². The number of rotatable bonds is 5. The van der Waals surface area contributed by atoms with Gasteiger partial charge in [0.1, 0.15) is 0 Å². The van der Waals surface area contributed by atoms with Crippen molar-refractivity contribution in [2.24, 2.45) is 0 Å². The van der Waals surface area contributed by atoms with Gasteiger partial charge in [-0.3, -0.25) is 4.79 Å². The molecule has 212 valence electrons. The predicted octanol–water partition coefficient (Wildman–Crippen LogP) is 4.71. The van der Waals surface area contributed by atoms with Crippen LogP contribution in [0.15, 0.2) is 48.6 Å². The quantitative estimate of drug-likeness (QED) is 0.361. The summed E-state index contributed by atoms with van der Waals surface area (Å²) in [7, 11) is 0. The standard InChI is InChI=1S/C22H22F6N2O.C4H4O4/c1-13-3-4-15(7-14(13)2)8-19-12-29-5-6-30(19)20(31)16-9-17(21(23,24)25)11-18(10-16)22(26,27)28;5-3(6)1-2-4(7)8/h3-4,7,9-11,19,29H,5-6,8,12H2,1-2H3;1-2H,(H,5,6)(H,7,8)/t19-;/m1./s1. The highest BCUT2D eigenvalue weighted by Gasteiger charge is 2.38. The topological polar surface area (TPSA) is 107 Å². The van der Waals surface area contributed by atoms with Crippen LogP contribution >= 0.6 is 0 Å². The van der Waals surface area contributed by atoms with Gasteiger partial charge in [0.05, 0.1) is 11.1 Å². The highest BCUT2D eigenvalue weighted by atomic mass is 19.4. The zero-order chi connectivity index (χ0) is 29.5. The van der Waals surface area contributed by atoms with E-state index in [-0.39, 0.29) is 12.6 Å². The Hall–Kier alpha value is -3.87. The van der Waals surface area contributed by atoms with Gasteiger partial charge in [-0.15, -0.1) is 0 Å². The summed E-state index contributed by atoms with van der Waals surface area (Å²) in [5.74, 6) is -3.35. The first-order valence-electron chi connectivity index (χ1n) is 11.5. The van der Waals surface area contributed by atoms with Crippen molar-refractivity contribution in [3.63, 3.8) is 0 Å². The van der Waals surface area contributed by atoms with Gasteiger partial charge in [0.25, 0.3) is 5.91 Å². The van der Waals surface area contributed by atoms with Gasteiger partial charge in [-0.25, -0.2) is 9.59 Å². The van der Waals surface area contributed by atoms with Gasteiger partial charge >= 0.3 is 24.3 Å². The number of carboxylic acid groups (broad SMARTS) is 2. The van der Waals surface area contributed by atoms with E-state index in [9.17, 15) is 40.7 Å². The summed E-state index contributed by atoms with van der Waals surface area (Å²) in [6.45, 7) is 4.89. The van der Waals surface area contributed by atoms with Gasteiger partial charge in [0, 0.05) is 43.4 Å². The molecule has 0 radical (unpaired) electrons. The number of carboxylic acids is 2. The zero-order valence-electron chi connectivity index (χ0n) is 20.9. The Morgan fingerprint density at radius 3 is 1.90 bits per heavy atom. The van der Waals surface area contributed by atoms with E-state index in [0.717, 1.165) is 16.7 Å². The second-order valence-corrected chi connectivity index (χ2v) is 8.78. The van der Waals surface area contributed by atoms with Crippen molar-refractivity contribution in [2.45, 2.75) is 38.7 Å². The van der Waals surface area contributed by atoms with E-state index in [1.54, 1.807) is 0 Å². The Morgan fingerprint density at radius 2 is 1.44 bits per heavy atom. The number of hydrogen-bond acceptors (Lipinski definition) is 4. The van der Waals surface area contributed by atoms with Gasteiger partial charge in [0.15, 0.2) is 0 Å². The highest BCUT2D eigenvalue weighted by molar-refractivity contribution is 5.95. The molecule has 1 atom stereocenters. The molecule has 0 spiro atoms. The molecule has 13 heteroatoms. The molecule has 1 saturated heterocycles. The van der Waals surface area contributed by atoms with Gasteiger partial charge in [0.2, 0.25) is 0 Å². The van der Waals surface area contributed by atoms with Gasteiger partial charge in [-0.1, -0.05) is 18.2 Å². The number of carbonyl (C=O) groups excluding carboxylic acids is 1. The smallest absolute Gasteiger partial charge is 0.416 e. The predicted molar refractivity (Wildman–Crippen MR) is 128 cm³/mol. The first-order chi connectivity index (χ1) is 18.0. The maximum absolute atomic E-state index is 13.2. The third-order valence-electron chi connectivity index (χ3n) is 5.86. The van der Waals surface area contributed by atoms with E-state index in [1.165, 1.54) is 4.90 Å². The van der Waals surface area contributed by atoms with Gasteiger partial charge in [-0.05, 0) is 55.2 Å². The molecule has 3 N–H and O–H groups in total. The van der Waals surface area contributed by atoms with E-state index in [0.29, 0.717) is 43.8 Å². The van der Waals surface area contributed by atoms with Crippen LogP contribution in [-0.2, 0) is 28.4 Å². The SMILES string of the molecule is Cc1ccc(C[C@@H]2CNCCN2C(=O)c2cc(C(F)(F)F)cc(C(F)(F)F)c2)cc1C.O=C(O)C=CC(=O)O. The molecular weight excluding hydrogens is 534 g/mol. The summed E-state index contributed by atoms with van der Waals surface area (Å²) >= 11 is 0. The lowest BCUT2D eigenvalue weighted by molar-refractivity contribution is -0.143. The molecule has 1 aliphatic rings. The maximum Gasteiger partial charge on any atom is 0.416 e. The minimum absolute atomic E-state index is 0.0289. The third kappa shape index (κ3) is 9.43. The molecule has 0 saturated carbocycles. The number of nitrogens with one attached hydrogen (secondary N) is 1. The monoisotopic (exact) mass is 560 g/mol. The molecule has 39 heavy (non-hydrogen) atoms. The van der Waals surface area contributed by atoms with Gasteiger partial charge < -0.3 is 20.4 Å². The van der Waals surface area contributed by atoms with E-state index >= 15 is 0 Å². The van der Waals surface area contributed by atoms with Crippen molar-refractivity contribution in [2.75, 3.05) is 19.6 Å². The summed E-state index contributed by atoms with van der Waals surface area (Å²) in [5.41, 5.74) is -0.504. The Bertz CT molecular complexity index is 1190. The van der Waals surface area contributed by atoms with Crippen LogP contribution < -0.4 is 5.32 Å². The summed E-state index contributed by atoms with van der Waals surface area (Å²) in [6.07, 6.45) is -8.45. The van der Waals surface area contributed by atoms with E-state index in [2.05, 4.69) is 5.32 Å². The Kier molecular flexibility index (Phi) is 10.3. The van der Waals surface area contributed by atoms with Crippen LogP contribution in [0.25, 0.3) is 0 Å². The number of hydrogen-bond donors (Lipinski definition) is 3. The molecule has 1 aliphatic heterocycles. The Labute approximate surface area is 219 Å². The fourth-order valence-electron chi connectivity index (χ4n) is 3.80. The number of alkyl halides is 6. The Balaban J connectivity index is 0.000000580. The van der Waals surface area contributed by atoms with Crippen LogP contribution in [0.2, 0.25) is 0 Å². The number of nitrogens with zero attached hydrogens (tertiary/aromatic N) is 1.